The SMILES string of the molecule is Cc1ccc2cc(C(=O)N(C)C3CCS(=O)(=O)C3)ccc2n1. The van der Waals surface area contributed by atoms with Crippen molar-refractivity contribution in [3.8, 4) is 0 Å². The molecule has 1 saturated heterocycles. The van der Waals surface area contributed by atoms with E-state index in [1.807, 2.05) is 31.2 Å². The van der Waals surface area contributed by atoms with Crippen molar-refractivity contribution in [3.63, 3.8) is 0 Å². The maximum absolute atomic E-state index is 12.6. The van der Waals surface area contributed by atoms with Crippen molar-refractivity contribution in [3.05, 3.63) is 41.6 Å². The predicted octanol–water partition coefficient (Wildman–Crippen LogP) is 1.80. The third kappa shape index (κ3) is 2.83. The number of sulfone groups is 1. The van der Waals surface area contributed by atoms with E-state index in [1.54, 1.807) is 18.0 Å². The number of carbonyl (C=O) groups excluding carboxylic acids is 1. The van der Waals surface area contributed by atoms with Gasteiger partial charge in [0.2, 0.25) is 0 Å². The summed E-state index contributed by atoms with van der Waals surface area (Å²) in [6.07, 6.45) is 0.513. The number of aromatic nitrogens is 1. The molecular weight excluding hydrogens is 300 g/mol. The maximum atomic E-state index is 12.6. The summed E-state index contributed by atoms with van der Waals surface area (Å²) in [7, 11) is -1.33. The van der Waals surface area contributed by atoms with Crippen molar-refractivity contribution < 1.29 is 13.2 Å². The fraction of sp³-hybridized carbons (Fsp3) is 0.375. The van der Waals surface area contributed by atoms with Gasteiger partial charge in [0.05, 0.1) is 17.0 Å². The Morgan fingerprint density at radius 1 is 1.27 bits per heavy atom. The minimum absolute atomic E-state index is 0.0591. The van der Waals surface area contributed by atoms with Crippen LogP contribution in [-0.4, -0.2) is 48.8 Å². The van der Waals surface area contributed by atoms with Gasteiger partial charge in [-0.05, 0) is 37.6 Å². The largest absolute Gasteiger partial charge is 0.338 e. The maximum Gasteiger partial charge on any atom is 0.253 e. The van der Waals surface area contributed by atoms with Crippen molar-refractivity contribution >= 4 is 26.6 Å². The molecule has 1 unspecified atom stereocenters. The molecule has 1 aromatic carbocycles. The van der Waals surface area contributed by atoms with Crippen LogP contribution in [0.2, 0.25) is 0 Å². The Kier molecular flexibility index (Phi) is 3.64. The molecule has 1 aromatic heterocycles. The van der Waals surface area contributed by atoms with Crippen molar-refractivity contribution in [2.75, 3.05) is 18.6 Å². The lowest BCUT2D eigenvalue weighted by Crippen LogP contribution is -2.37. The number of hydrogen-bond acceptors (Lipinski definition) is 4. The van der Waals surface area contributed by atoms with Gasteiger partial charge in [-0.25, -0.2) is 8.42 Å². The molecule has 1 fully saturated rings. The quantitative estimate of drug-likeness (QED) is 0.847. The Morgan fingerprint density at radius 3 is 2.73 bits per heavy atom. The van der Waals surface area contributed by atoms with Crippen molar-refractivity contribution in [1.29, 1.82) is 0 Å². The Morgan fingerprint density at radius 2 is 2.05 bits per heavy atom. The van der Waals surface area contributed by atoms with Crippen LogP contribution in [0.3, 0.4) is 0 Å². The smallest absolute Gasteiger partial charge is 0.253 e. The molecule has 0 saturated carbocycles. The van der Waals surface area contributed by atoms with Gasteiger partial charge in [0.25, 0.3) is 5.91 Å². The minimum Gasteiger partial charge on any atom is -0.338 e. The van der Waals surface area contributed by atoms with Crippen LogP contribution in [0, 0.1) is 6.92 Å². The number of fused-ring (bicyclic) bond motifs is 1. The zero-order chi connectivity index (χ0) is 15.9. The van der Waals surface area contributed by atoms with E-state index in [0.29, 0.717) is 12.0 Å². The lowest BCUT2D eigenvalue weighted by Gasteiger charge is -2.23. The standard InChI is InChI=1S/C16H18N2O3S/c1-11-3-4-12-9-13(5-6-15(12)17-11)16(19)18(2)14-7-8-22(20,21)10-14/h3-6,9,14H,7-8,10H2,1-2H3. The Bertz CT molecular complexity index is 846. The lowest BCUT2D eigenvalue weighted by atomic mass is 10.1. The molecule has 0 bridgehead atoms. The first-order valence-electron chi connectivity index (χ1n) is 7.21. The summed E-state index contributed by atoms with van der Waals surface area (Å²) in [5.41, 5.74) is 2.34. The molecular formula is C16H18N2O3S. The summed E-state index contributed by atoms with van der Waals surface area (Å²) >= 11 is 0. The third-order valence-corrected chi connectivity index (χ3v) is 5.90. The monoisotopic (exact) mass is 318 g/mol. The van der Waals surface area contributed by atoms with Crippen molar-refractivity contribution in [2.24, 2.45) is 0 Å². The number of hydrogen-bond donors (Lipinski definition) is 0. The van der Waals surface area contributed by atoms with Crippen LogP contribution in [0.15, 0.2) is 30.3 Å². The number of nitrogens with zero attached hydrogens (tertiary/aromatic N) is 2. The summed E-state index contributed by atoms with van der Waals surface area (Å²) in [5, 5.41) is 0.906. The van der Waals surface area contributed by atoms with E-state index >= 15 is 0 Å². The molecule has 1 amide bonds. The average molecular weight is 318 g/mol. The van der Waals surface area contributed by atoms with Gasteiger partial charge in [-0.15, -0.1) is 0 Å². The Labute approximate surface area is 129 Å². The van der Waals surface area contributed by atoms with Gasteiger partial charge in [0.1, 0.15) is 0 Å². The first kappa shape index (κ1) is 15.0. The molecule has 1 atom stereocenters. The van der Waals surface area contributed by atoms with E-state index in [4.69, 9.17) is 0 Å². The van der Waals surface area contributed by atoms with Gasteiger partial charge in [-0.3, -0.25) is 9.78 Å². The molecule has 0 N–H and O–H groups in total. The molecule has 5 nitrogen and oxygen atoms in total. The van der Waals surface area contributed by atoms with E-state index in [0.717, 1.165) is 16.6 Å². The van der Waals surface area contributed by atoms with Crippen LogP contribution in [0.25, 0.3) is 10.9 Å². The van der Waals surface area contributed by atoms with Crippen LogP contribution in [0.1, 0.15) is 22.5 Å². The number of amides is 1. The lowest BCUT2D eigenvalue weighted by molar-refractivity contribution is 0.0748. The van der Waals surface area contributed by atoms with Gasteiger partial charge in [-0.2, -0.15) is 0 Å². The molecule has 0 spiro atoms. The molecule has 2 heterocycles. The second-order valence-electron chi connectivity index (χ2n) is 5.83. The van der Waals surface area contributed by atoms with Gasteiger partial charge in [-0.1, -0.05) is 6.07 Å². The third-order valence-electron chi connectivity index (χ3n) is 4.15. The fourth-order valence-electron chi connectivity index (χ4n) is 2.81. The van der Waals surface area contributed by atoms with Crippen LogP contribution in [0.4, 0.5) is 0 Å². The highest BCUT2D eigenvalue weighted by Gasteiger charge is 2.33. The summed E-state index contributed by atoms with van der Waals surface area (Å²) in [5.74, 6) is 0.0735. The van der Waals surface area contributed by atoms with Gasteiger partial charge in [0, 0.05) is 29.7 Å². The number of aryl methyl sites for hydroxylation is 1. The minimum atomic E-state index is -3.00. The van der Waals surface area contributed by atoms with Gasteiger partial charge < -0.3 is 4.90 Å². The molecule has 3 rings (SSSR count). The normalized spacial score (nSPS) is 20.2. The molecule has 1 aliphatic rings. The average Bonchev–Trinajstić information content (AvgIpc) is 2.85. The van der Waals surface area contributed by atoms with E-state index < -0.39 is 9.84 Å². The second kappa shape index (κ2) is 5.35. The Hall–Kier alpha value is -1.95. The summed E-state index contributed by atoms with van der Waals surface area (Å²) in [4.78, 5) is 18.5. The highest BCUT2D eigenvalue weighted by Crippen LogP contribution is 2.20. The van der Waals surface area contributed by atoms with E-state index in [9.17, 15) is 13.2 Å². The van der Waals surface area contributed by atoms with Crippen molar-refractivity contribution in [1.82, 2.24) is 9.88 Å². The van der Waals surface area contributed by atoms with E-state index in [2.05, 4.69) is 4.98 Å². The molecule has 2 aromatic rings. The van der Waals surface area contributed by atoms with Crippen LogP contribution in [-0.2, 0) is 9.84 Å². The predicted molar refractivity (Wildman–Crippen MR) is 85.6 cm³/mol. The molecule has 0 aliphatic carbocycles. The second-order valence-corrected chi connectivity index (χ2v) is 8.06. The summed E-state index contributed by atoms with van der Waals surface area (Å²) in [6.45, 7) is 1.92. The fourth-order valence-corrected chi connectivity index (χ4v) is 4.59. The summed E-state index contributed by atoms with van der Waals surface area (Å²) < 4.78 is 23.1. The molecule has 22 heavy (non-hydrogen) atoms. The van der Waals surface area contributed by atoms with Crippen molar-refractivity contribution in [2.45, 2.75) is 19.4 Å². The molecule has 116 valence electrons. The molecule has 1 aliphatic heterocycles. The summed E-state index contributed by atoms with van der Waals surface area (Å²) in [6, 6.07) is 9.00. The molecule has 6 heteroatoms. The number of rotatable bonds is 2. The zero-order valence-corrected chi connectivity index (χ0v) is 13.4. The molecule has 0 radical (unpaired) electrons. The van der Waals surface area contributed by atoms with Crippen LogP contribution >= 0.6 is 0 Å². The van der Waals surface area contributed by atoms with E-state index in [1.165, 1.54) is 0 Å². The topological polar surface area (TPSA) is 67.3 Å². The highest BCUT2D eigenvalue weighted by molar-refractivity contribution is 7.91. The first-order valence-corrected chi connectivity index (χ1v) is 9.03. The zero-order valence-electron chi connectivity index (χ0n) is 12.6. The number of carbonyl (C=O) groups is 1. The highest BCUT2D eigenvalue weighted by atomic mass is 32.2. The first-order chi connectivity index (χ1) is 10.4. The van der Waals surface area contributed by atoms with Gasteiger partial charge >= 0.3 is 0 Å². The van der Waals surface area contributed by atoms with Crippen LogP contribution in [0.5, 0.6) is 0 Å². The Balaban J connectivity index is 1.87. The number of pyridine rings is 1. The van der Waals surface area contributed by atoms with Crippen LogP contribution < -0.4 is 0 Å². The number of benzene rings is 1. The van der Waals surface area contributed by atoms with Gasteiger partial charge in [0.15, 0.2) is 9.84 Å². The van der Waals surface area contributed by atoms with E-state index in [-0.39, 0.29) is 23.5 Å².